The van der Waals surface area contributed by atoms with Gasteiger partial charge in [0, 0.05) is 11.5 Å². The fraction of sp³-hybridized carbons (Fsp3) is 0.278. The first-order chi connectivity index (χ1) is 10.8. The van der Waals surface area contributed by atoms with Gasteiger partial charge in [-0.15, -0.1) is 0 Å². The minimum absolute atomic E-state index is 0.191. The third-order valence-corrected chi connectivity index (χ3v) is 4.17. The number of aliphatic hydroxyl groups excluding tert-OH is 1. The Morgan fingerprint density at radius 1 is 1.18 bits per heavy atom. The second-order valence-electron chi connectivity index (χ2n) is 4.74. The van der Waals surface area contributed by atoms with Gasteiger partial charge in [-0.25, -0.2) is 4.79 Å². The van der Waals surface area contributed by atoms with Crippen LogP contribution in [0.4, 0.5) is 0 Å². The number of ether oxygens (including phenoxy) is 1. The Balaban J connectivity index is 2.28. The molecular weight excluding hydrogens is 296 g/mol. The molecule has 116 valence electrons. The molecule has 0 heterocycles. The lowest BCUT2D eigenvalue weighted by atomic mass is 9.98. The molecule has 0 atom stereocenters. The molecule has 0 amide bonds. The van der Waals surface area contributed by atoms with E-state index in [1.165, 1.54) is 5.56 Å². The van der Waals surface area contributed by atoms with Crippen LogP contribution in [-0.4, -0.2) is 30.0 Å². The molecule has 0 aliphatic heterocycles. The number of hydrogen-bond acceptors (Lipinski definition) is 4. The normalized spacial score (nSPS) is 10.5. The average Bonchev–Trinajstić information content (AvgIpc) is 2.56. The van der Waals surface area contributed by atoms with Gasteiger partial charge in [0.1, 0.15) is 0 Å². The van der Waals surface area contributed by atoms with E-state index in [4.69, 9.17) is 9.84 Å². The monoisotopic (exact) mass is 316 g/mol. The summed E-state index contributed by atoms with van der Waals surface area (Å²) < 4.78 is 5.13. The summed E-state index contributed by atoms with van der Waals surface area (Å²) in [5.74, 6) is 1.28. The maximum atomic E-state index is 12.1. The lowest BCUT2D eigenvalue weighted by molar-refractivity contribution is 0.0527. The summed E-state index contributed by atoms with van der Waals surface area (Å²) in [7, 11) is 0. The number of hydrogen-bond donors (Lipinski definition) is 1. The molecule has 0 saturated carbocycles. The Labute approximate surface area is 135 Å². The van der Waals surface area contributed by atoms with Crippen LogP contribution in [0.15, 0.2) is 48.5 Å². The Hall–Kier alpha value is -1.78. The maximum absolute atomic E-state index is 12.1. The van der Waals surface area contributed by atoms with Crippen LogP contribution < -0.4 is 0 Å². The number of rotatable bonds is 7. The van der Waals surface area contributed by atoms with Crippen LogP contribution in [0.2, 0.25) is 0 Å². The molecule has 0 aliphatic rings. The molecule has 0 spiro atoms. The predicted molar refractivity (Wildman–Crippen MR) is 91.1 cm³/mol. The van der Waals surface area contributed by atoms with Crippen molar-refractivity contribution >= 4 is 17.7 Å². The molecule has 0 aromatic heterocycles. The fourth-order valence-electron chi connectivity index (χ4n) is 2.20. The van der Waals surface area contributed by atoms with E-state index < -0.39 is 0 Å². The standard InChI is InChI=1S/C18H20O3S/c1-2-21-18(20)17-9-4-3-8-16(17)15-7-5-6-14(12-15)13-22-11-10-19/h3-9,12,19H,2,10-11,13H2,1H3. The quantitative estimate of drug-likeness (QED) is 0.624. The van der Waals surface area contributed by atoms with Gasteiger partial charge in [0.2, 0.25) is 0 Å². The number of carbonyl (C=O) groups excluding carboxylic acids is 1. The zero-order valence-electron chi connectivity index (χ0n) is 12.6. The fourth-order valence-corrected chi connectivity index (χ4v) is 2.89. The first kappa shape index (κ1) is 16.6. The van der Waals surface area contributed by atoms with Crippen LogP contribution in [0.25, 0.3) is 11.1 Å². The number of carbonyl (C=O) groups is 1. The van der Waals surface area contributed by atoms with Gasteiger partial charge in [-0.05, 0) is 29.7 Å². The molecule has 0 aliphatic carbocycles. The van der Waals surface area contributed by atoms with Crippen molar-refractivity contribution < 1.29 is 14.6 Å². The summed E-state index contributed by atoms with van der Waals surface area (Å²) in [6.45, 7) is 2.36. The zero-order valence-corrected chi connectivity index (χ0v) is 13.4. The lowest BCUT2D eigenvalue weighted by Gasteiger charge is -2.10. The smallest absolute Gasteiger partial charge is 0.338 e. The molecule has 2 aromatic carbocycles. The molecule has 0 unspecified atom stereocenters. The van der Waals surface area contributed by atoms with E-state index in [2.05, 4.69) is 12.1 Å². The van der Waals surface area contributed by atoms with Gasteiger partial charge in [-0.1, -0.05) is 42.5 Å². The molecule has 3 nitrogen and oxygen atoms in total. The maximum Gasteiger partial charge on any atom is 0.338 e. The highest BCUT2D eigenvalue weighted by Gasteiger charge is 2.13. The number of thioether (sulfide) groups is 1. The van der Waals surface area contributed by atoms with E-state index in [1.807, 2.05) is 30.3 Å². The van der Waals surface area contributed by atoms with E-state index in [1.54, 1.807) is 24.8 Å². The summed E-state index contributed by atoms with van der Waals surface area (Å²) in [5.41, 5.74) is 3.65. The lowest BCUT2D eigenvalue weighted by Crippen LogP contribution is -2.06. The topological polar surface area (TPSA) is 46.5 Å². The van der Waals surface area contributed by atoms with Crippen LogP contribution in [0.1, 0.15) is 22.8 Å². The van der Waals surface area contributed by atoms with Gasteiger partial charge in [-0.3, -0.25) is 0 Å². The predicted octanol–water partition coefficient (Wildman–Crippen LogP) is 3.76. The van der Waals surface area contributed by atoms with Crippen molar-refractivity contribution in [3.05, 3.63) is 59.7 Å². The molecule has 0 fully saturated rings. The molecule has 2 aromatic rings. The summed E-state index contributed by atoms with van der Waals surface area (Å²) in [4.78, 5) is 12.1. The Bertz CT molecular complexity index is 625. The average molecular weight is 316 g/mol. The molecule has 22 heavy (non-hydrogen) atoms. The third kappa shape index (κ3) is 4.36. The highest BCUT2D eigenvalue weighted by Crippen LogP contribution is 2.26. The molecule has 0 radical (unpaired) electrons. The molecular formula is C18H20O3S. The van der Waals surface area contributed by atoms with E-state index in [0.717, 1.165) is 22.6 Å². The highest BCUT2D eigenvalue weighted by atomic mass is 32.2. The Kier molecular flexibility index (Phi) is 6.49. The molecule has 0 bridgehead atoms. The van der Waals surface area contributed by atoms with Crippen LogP contribution in [0.5, 0.6) is 0 Å². The minimum atomic E-state index is -0.293. The summed E-state index contributed by atoms with van der Waals surface area (Å²) in [5, 5.41) is 8.85. The second-order valence-corrected chi connectivity index (χ2v) is 5.85. The SMILES string of the molecule is CCOC(=O)c1ccccc1-c1cccc(CSCCO)c1. The Morgan fingerprint density at radius 3 is 2.77 bits per heavy atom. The minimum Gasteiger partial charge on any atom is -0.462 e. The van der Waals surface area contributed by atoms with Gasteiger partial charge < -0.3 is 9.84 Å². The van der Waals surface area contributed by atoms with Gasteiger partial charge in [0.25, 0.3) is 0 Å². The van der Waals surface area contributed by atoms with Gasteiger partial charge >= 0.3 is 5.97 Å². The second kappa shape index (κ2) is 8.61. The summed E-state index contributed by atoms with van der Waals surface area (Å²) >= 11 is 1.69. The van der Waals surface area contributed by atoms with Crippen molar-refractivity contribution in [3.8, 4) is 11.1 Å². The van der Waals surface area contributed by atoms with E-state index >= 15 is 0 Å². The first-order valence-corrected chi connectivity index (χ1v) is 8.45. The number of esters is 1. The van der Waals surface area contributed by atoms with Crippen molar-refractivity contribution in [1.29, 1.82) is 0 Å². The zero-order chi connectivity index (χ0) is 15.8. The van der Waals surface area contributed by atoms with E-state index in [0.29, 0.717) is 12.2 Å². The van der Waals surface area contributed by atoms with Gasteiger partial charge in [0.05, 0.1) is 18.8 Å². The van der Waals surface area contributed by atoms with Gasteiger partial charge in [0.15, 0.2) is 0 Å². The van der Waals surface area contributed by atoms with E-state index in [-0.39, 0.29) is 12.6 Å². The third-order valence-electron chi connectivity index (χ3n) is 3.16. The van der Waals surface area contributed by atoms with Gasteiger partial charge in [-0.2, -0.15) is 11.8 Å². The molecule has 0 saturated heterocycles. The van der Waals surface area contributed by atoms with Crippen molar-refractivity contribution in [3.63, 3.8) is 0 Å². The van der Waals surface area contributed by atoms with Crippen molar-refractivity contribution in [2.75, 3.05) is 19.0 Å². The van der Waals surface area contributed by atoms with Crippen LogP contribution in [0, 0.1) is 0 Å². The molecule has 4 heteroatoms. The molecule has 1 N–H and O–H groups in total. The van der Waals surface area contributed by atoms with Crippen molar-refractivity contribution in [2.45, 2.75) is 12.7 Å². The highest BCUT2D eigenvalue weighted by molar-refractivity contribution is 7.98. The van der Waals surface area contributed by atoms with E-state index in [9.17, 15) is 4.79 Å². The van der Waals surface area contributed by atoms with Crippen molar-refractivity contribution in [1.82, 2.24) is 0 Å². The summed E-state index contributed by atoms with van der Waals surface area (Å²) in [6.07, 6.45) is 0. The number of benzene rings is 2. The first-order valence-electron chi connectivity index (χ1n) is 7.30. The largest absolute Gasteiger partial charge is 0.462 e. The Morgan fingerprint density at radius 2 is 2.00 bits per heavy atom. The van der Waals surface area contributed by atoms with Crippen molar-refractivity contribution in [2.24, 2.45) is 0 Å². The van der Waals surface area contributed by atoms with Crippen LogP contribution in [-0.2, 0) is 10.5 Å². The van der Waals surface area contributed by atoms with Crippen LogP contribution in [0.3, 0.4) is 0 Å². The summed E-state index contributed by atoms with van der Waals surface area (Å²) in [6, 6.07) is 15.6. The molecule has 2 rings (SSSR count). The number of aliphatic hydroxyl groups is 1. The van der Waals surface area contributed by atoms with Crippen LogP contribution >= 0.6 is 11.8 Å².